The van der Waals surface area contributed by atoms with Crippen molar-refractivity contribution in [3.8, 4) is 0 Å². The molecule has 0 atom stereocenters. The summed E-state index contributed by atoms with van der Waals surface area (Å²) in [6.07, 6.45) is 3.88. The van der Waals surface area contributed by atoms with E-state index in [1.54, 1.807) is 0 Å². The van der Waals surface area contributed by atoms with Crippen molar-refractivity contribution in [2.75, 3.05) is 45.0 Å². The van der Waals surface area contributed by atoms with Gasteiger partial charge in [-0.3, -0.25) is 4.99 Å². The summed E-state index contributed by atoms with van der Waals surface area (Å²) in [5, 5.41) is 6.28. The fourth-order valence-electron chi connectivity index (χ4n) is 2.99. The second-order valence-corrected chi connectivity index (χ2v) is 8.64. The van der Waals surface area contributed by atoms with Gasteiger partial charge in [0, 0.05) is 26.2 Å². The molecular weight excluding hydrogens is 362 g/mol. The van der Waals surface area contributed by atoms with E-state index < -0.39 is 10.0 Å². The third kappa shape index (κ3) is 9.21. The van der Waals surface area contributed by atoms with E-state index in [2.05, 4.69) is 25.2 Å². The maximum Gasteiger partial charge on any atom is 0.213 e. The standard InChI is InChI=1S/C19H33N5O2S/c1-2-20-19(21-11-15-24-13-7-4-8-14-24)22-12-16-27(25,26)23-17-18-9-5-3-6-10-18/h3,5-6,9-10,23H,2,4,7-8,11-17H2,1H3,(H2,20,21,22). The number of nitrogens with one attached hydrogen (secondary N) is 3. The second kappa shape index (κ2) is 11.9. The summed E-state index contributed by atoms with van der Waals surface area (Å²) in [5.41, 5.74) is 0.946. The van der Waals surface area contributed by atoms with E-state index in [1.165, 1.54) is 19.3 Å². The molecule has 2 rings (SSSR count). The van der Waals surface area contributed by atoms with Crippen molar-refractivity contribution in [3.05, 3.63) is 35.9 Å². The van der Waals surface area contributed by atoms with Gasteiger partial charge in [-0.05, 0) is 38.4 Å². The van der Waals surface area contributed by atoms with Crippen LogP contribution < -0.4 is 15.4 Å². The number of benzene rings is 1. The predicted molar refractivity (Wildman–Crippen MR) is 111 cm³/mol. The molecule has 8 heteroatoms. The molecule has 0 aromatic heterocycles. The van der Waals surface area contributed by atoms with Crippen LogP contribution in [-0.4, -0.2) is 64.3 Å². The van der Waals surface area contributed by atoms with Gasteiger partial charge in [0.2, 0.25) is 10.0 Å². The molecule has 1 fully saturated rings. The lowest BCUT2D eigenvalue weighted by Crippen LogP contribution is -2.41. The highest BCUT2D eigenvalue weighted by atomic mass is 32.2. The predicted octanol–water partition coefficient (Wildman–Crippen LogP) is 1.15. The van der Waals surface area contributed by atoms with Crippen LogP contribution in [-0.2, 0) is 16.6 Å². The monoisotopic (exact) mass is 395 g/mol. The zero-order chi connectivity index (χ0) is 19.4. The number of guanidine groups is 1. The van der Waals surface area contributed by atoms with Crippen LogP contribution in [0.1, 0.15) is 31.7 Å². The number of likely N-dealkylation sites (tertiary alicyclic amines) is 1. The number of piperidine rings is 1. The zero-order valence-electron chi connectivity index (χ0n) is 16.3. The van der Waals surface area contributed by atoms with Gasteiger partial charge >= 0.3 is 0 Å². The largest absolute Gasteiger partial charge is 0.357 e. The van der Waals surface area contributed by atoms with Crippen molar-refractivity contribution in [1.29, 1.82) is 0 Å². The molecule has 1 aliphatic heterocycles. The van der Waals surface area contributed by atoms with Crippen LogP contribution in [0.25, 0.3) is 0 Å². The van der Waals surface area contributed by atoms with Gasteiger partial charge in [0.25, 0.3) is 0 Å². The highest BCUT2D eigenvalue weighted by molar-refractivity contribution is 7.89. The van der Waals surface area contributed by atoms with Crippen LogP contribution in [0.5, 0.6) is 0 Å². The number of hydrogen-bond acceptors (Lipinski definition) is 4. The Labute approximate surface area is 163 Å². The molecule has 0 amide bonds. The van der Waals surface area contributed by atoms with E-state index in [9.17, 15) is 8.42 Å². The van der Waals surface area contributed by atoms with E-state index in [4.69, 9.17) is 0 Å². The van der Waals surface area contributed by atoms with E-state index in [-0.39, 0.29) is 5.75 Å². The molecule has 0 saturated carbocycles. The Morgan fingerprint density at radius 1 is 1.11 bits per heavy atom. The Hall–Kier alpha value is -1.64. The van der Waals surface area contributed by atoms with Crippen molar-refractivity contribution >= 4 is 16.0 Å². The first kappa shape index (κ1) is 21.7. The van der Waals surface area contributed by atoms with Crippen molar-refractivity contribution in [3.63, 3.8) is 0 Å². The quantitative estimate of drug-likeness (QED) is 0.409. The Bertz CT molecular complexity index is 658. The number of sulfonamides is 1. The van der Waals surface area contributed by atoms with Gasteiger partial charge in [0.15, 0.2) is 5.96 Å². The lowest BCUT2D eigenvalue weighted by atomic mass is 10.1. The summed E-state index contributed by atoms with van der Waals surface area (Å²) < 4.78 is 26.9. The minimum Gasteiger partial charge on any atom is -0.357 e. The highest BCUT2D eigenvalue weighted by Crippen LogP contribution is 2.07. The molecular formula is C19H33N5O2S. The lowest BCUT2D eigenvalue weighted by Gasteiger charge is -2.25. The molecule has 3 N–H and O–H groups in total. The smallest absolute Gasteiger partial charge is 0.213 e. The highest BCUT2D eigenvalue weighted by Gasteiger charge is 2.11. The van der Waals surface area contributed by atoms with Crippen LogP contribution in [0.3, 0.4) is 0 Å². The number of aliphatic imine (C=N–C) groups is 1. The molecule has 1 aromatic carbocycles. The Kier molecular flexibility index (Phi) is 9.58. The van der Waals surface area contributed by atoms with Crippen molar-refractivity contribution in [1.82, 2.24) is 20.3 Å². The maximum atomic E-state index is 12.1. The average molecular weight is 396 g/mol. The van der Waals surface area contributed by atoms with E-state index >= 15 is 0 Å². The van der Waals surface area contributed by atoms with Crippen LogP contribution in [0.4, 0.5) is 0 Å². The molecule has 7 nitrogen and oxygen atoms in total. The Morgan fingerprint density at radius 3 is 2.56 bits per heavy atom. The first-order valence-corrected chi connectivity index (χ1v) is 11.5. The van der Waals surface area contributed by atoms with Crippen LogP contribution in [0.15, 0.2) is 35.3 Å². The van der Waals surface area contributed by atoms with Gasteiger partial charge in [0.1, 0.15) is 0 Å². The van der Waals surface area contributed by atoms with Crippen molar-refractivity contribution in [2.24, 2.45) is 4.99 Å². The van der Waals surface area contributed by atoms with Gasteiger partial charge in [0.05, 0.1) is 12.3 Å². The molecule has 0 unspecified atom stereocenters. The van der Waals surface area contributed by atoms with E-state index in [1.807, 2.05) is 37.3 Å². The molecule has 1 aromatic rings. The van der Waals surface area contributed by atoms with Crippen LogP contribution in [0, 0.1) is 0 Å². The minimum atomic E-state index is -3.33. The molecule has 0 spiro atoms. The minimum absolute atomic E-state index is 0.0103. The van der Waals surface area contributed by atoms with E-state index in [0.717, 1.165) is 31.7 Å². The molecule has 0 bridgehead atoms. The van der Waals surface area contributed by atoms with Gasteiger partial charge in [-0.1, -0.05) is 36.8 Å². The molecule has 152 valence electrons. The van der Waals surface area contributed by atoms with Crippen molar-refractivity contribution in [2.45, 2.75) is 32.7 Å². The van der Waals surface area contributed by atoms with Crippen molar-refractivity contribution < 1.29 is 8.42 Å². The average Bonchev–Trinajstić information content (AvgIpc) is 2.68. The number of nitrogens with zero attached hydrogens (tertiary/aromatic N) is 2. The lowest BCUT2D eigenvalue weighted by molar-refractivity contribution is 0.235. The Morgan fingerprint density at radius 2 is 1.85 bits per heavy atom. The third-order valence-corrected chi connectivity index (χ3v) is 5.81. The molecule has 1 heterocycles. The Balaban J connectivity index is 1.71. The summed E-state index contributed by atoms with van der Waals surface area (Å²) >= 11 is 0. The first-order valence-electron chi connectivity index (χ1n) is 9.85. The SMILES string of the molecule is CCNC(=NCCN1CCCCC1)NCCS(=O)(=O)NCc1ccccc1. The summed E-state index contributed by atoms with van der Waals surface area (Å²) in [7, 11) is -3.33. The summed E-state index contributed by atoms with van der Waals surface area (Å²) in [5.74, 6) is 0.684. The molecule has 1 saturated heterocycles. The zero-order valence-corrected chi connectivity index (χ0v) is 17.1. The molecule has 0 radical (unpaired) electrons. The first-order chi connectivity index (χ1) is 13.1. The fraction of sp³-hybridized carbons (Fsp3) is 0.632. The maximum absolute atomic E-state index is 12.1. The van der Waals surface area contributed by atoms with Gasteiger partial charge in [-0.15, -0.1) is 0 Å². The summed E-state index contributed by atoms with van der Waals surface area (Å²) in [6, 6.07) is 9.51. The van der Waals surface area contributed by atoms with Gasteiger partial charge in [-0.25, -0.2) is 13.1 Å². The van der Waals surface area contributed by atoms with Crippen LogP contribution >= 0.6 is 0 Å². The summed E-state index contributed by atoms with van der Waals surface area (Å²) in [4.78, 5) is 7.00. The van der Waals surface area contributed by atoms with Gasteiger partial charge in [-0.2, -0.15) is 0 Å². The molecule has 1 aliphatic rings. The van der Waals surface area contributed by atoms with E-state index in [0.29, 0.717) is 25.6 Å². The normalized spacial score (nSPS) is 16.3. The third-order valence-electron chi connectivity index (χ3n) is 4.48. The second-order valence-electron chi connectivity index (χ2n) is 6.72. The topological polar surface area (TPSA) is 85.8 Å². The fourth-order valence-corrected chi connectivity index (χ4v) is 3.89. The molecule has 27 heavy (non-hydrogen) atoms. The molecule has 0 aliphatic carbocycles. The summed E-state index contributed by atoms with van der Waals surface area (Å²) in [6.45, 7) is 7.36. The number of hydrogen-bond donors (Lipinski definition) is 3. The van der Waals surface area contributed by atoms with Gasteiger partial charge < -0.3 is 15.5 Å². The number of rotatable bonds is 10. The van der Waals surface area contributed by atoms with Crippen LogP contribution in [0.2, 0.25) is 0 Å².